The van der Waals surface area contributed by atoms with E-state index in [-0.39, 0.29) is 12.1 Å². The fraction of sp³-hybridized carbons (Fsp3) is 0.333. The molecule has 0 saturated carbocycles. The van der Waals surface area contributed by atoms with E-state index in [0.29, 0.717) is 6.61 Å². The summed E-state index contributed by atoms with van der Waals surface area (Å²) >= 11 is 1.75. The lowest BCUT2D eigenvalue weighted by Crippen LogP contribution is -2.37. The molecule has 26 heavy (non-hydrogen) atoms. The van der Waals surface area contributed by atoms with Crippen molar-refractivity contribution in [3.8, 4) is 11.3 Å². The Morgan fingerprint density at radius 3 is 2.85 bits per heavy atom. The quantitative estimate of drug-likeness (QED) is 0.756. The van der Waals surface area contributed by atoms with Gasteiger partial charge in [0.2, 0.25) is 5.95 Å². The molecule has 3 aromatic rings. The first-order valence-corrected chi connectivity index (χ1v) is 9.29. The summed E-state index contributed by atoms with van der Waals surface area (Å²) in [6.45, 7) is 5.35. The zero-order valence-electron chi connectivity index (χ0n) is 14.5. The second kappa shape index (κ2) is 7.45. The van der Waals surface area contributed by atoms with Gasteiger partial charge in [0, 0.05) is 48.7 Å². The Hall–Kier alpha value is -2.42. The lowest BCUT2D eigenvalue weighted by atomic mass is 10.1. The van der Waals surface area contributed by atoms with Gasteiger partial charge in [0.25, 0.3) is 0 Å². The Bertz CT molecular complexity index is 881. The molecule has 7 nitrogen and oxygen atoms in total. The predicted molar refractivity (Wildman–Crippen MR) is 100 cm³/mol. The van der Waals surface area contributed by atoms with Crippen LogP contribution in [0.25, 0.3) is 11.3 Å². The summed E-state index contributed by atoms with van der Waals surface area (Å²) in [4.78, 5) is 20.9. The smallest absolute Gasteiger partial charge is 0.219 e. The number of hydrogen-bond acceptors (Lipinski definition) is 8. The van der Waals surface area contributed by atoms with E-state index in [1.807, 2.05) is 31.3 Å². The molecule has 1 atom stereocenters. The van der Waals surface area contributed by atoms with Gasteiger partial charge in [-0.05, 0) is 19.1 Å². The summed E-state index contributed by atoms with van der Waals surface area (Å²) in [7, 11) is 0. The van der Waals surface area contributed by atoms with Crippen LogP contribution in [0.3, 0.4) is 0 Å². The summed E-state index contributed by atoms with van der Waals surface area (Å²) in [5.41, 5.74) is 8.14. The zero-order chi connectivity index (χ0) is 17.9. The Labute approximate surface area is 155 Å². The first-order chi connectivity index (χ1) is 12.7. The molecule has 1 saturated heterocycles. The SMILES string of the molecule is Cc1ncc(CN2CCOC(c3cccc(-c4cnc(N)nc4)n3)C2)s1. The van der Waals surface area contributed by atoms with Crippen molar-refractivity contribution in [2.45, 2.75) is 19.6 Å². The van der Waals surface area contributed by atoms with Crippen molar-refractivity contribution in [1.29, 1.82) is 0 Å². The van der Waals surface area contributed by atoms with Crippen molar-refractivity contribution in [2.24, 2.45) is 0 Å². The summed E-state index contributed by atoms with van der Waals surface area (Å²) in [5, 5.41) is 1.10. The van der Waals surface area contributed by atoms with Crippen LogP contribution in [0.15, 0.2) is 36.8 Å². The number of morpholine rings is 1. The van der Waals surface area contributed by atoms with Crippen molar-refractivity contribution in [1.82, 2.24) is 24.8 Å². The molecule has 4 heterocycles. The number of rotatable bonds is 4. The van der Waals surface area contributed by atoms with Crippen LogP contribution in [-0.4, -0.2) is 44.5 Å². The van der Waals surface area contributed by atoms with E-state index < -0.39 is 0 Å². The first kappa shape index (κ1) is 17.0. The number of anilines is 1. The van der Waals surface area contributed by atoms with Crippen LogP contribution in [0, 0.1) is 6.92 Å². The molecule has 4 rings (SSSR count). The van der Waals surface area contributed by atoms with Crippen molar-refractivity contribution in [3.05, 3.63) is 52.4 Å². The Morgan fingerprint density at radius 1 is 1.23 bits per heavy atom. The second-order valence-electron chi connectivity index (χ2n) is 6.22. The highest BCUT2D eigenvalue weighted by molar-refractivity contribution is 7.11. The topological polar surface area (TPSA) is 90.0 Å². The number of nitrogens with zero attached hydrogens (tertiary/aromatic N) is 5. The van der Waals surface area contributed by atoms with E-state index in [0.717, 1.165) is 41.6 Å². The number of ether oxygens (including phenoxy) is 1. The third-order valence-electron chi connectivity index (χ3n) is 4.27. The molecular formula is C18H20N6OS. The summed E-state index contributed by atoms with van der Waals surface area (Å²) in [6.07, 6.45) is 5.29. The maximum atomic E-state index is 5.98. The largest absolute Gasteiger partial charge is 0.369 e. The molecular weight excluding hydrogens is 348 g/mol. The summed E-state index contributed by atoms with van der Waals surface area (Å²) < 4.78 is 5.98. The average molecular weight is 368 g/mol. The lowest BCUT2D eigenvalue weighted by molar-refractivity contribution is -0.0346. The molecule has 0 aliphatic carbocycles. The predicted octanol–water partition coefficient (Wildman–Crippen LogP) is 2.46. The molecule has 1 fully saturated rings. The maximum absolute atomic E-state index is 5.98. The van der Waals surface area contributed by atoms with Gasteiger partial charge in [0.15, 0.2) is 0 Å². The van der Waals surface area contributed by atoms with E-state index >= 15 is 0 Å². The minimum absolute atomic E-state index is 0.0487. The Balaban J connectivity index is 1.49. The minimum atomic E-state index is -0.0487. The van der Waals surface area contributed by atoms with E-state index in [9.17, 15) is 0 Å². The monoisotopic (exact) mass is 368 g/mol. The van der Waals surface area contributed by atoms with Crippen molar-refractivity contribution in [2.75, 3.05) is 25.4 Å². The Kier molecular flexibility index (Phi) is 4.87. The van der Waals surface area contributed by atoms with Crippen molar-refractivity contribution < 1.29 is 4.74 Å². The standard InChI is InChI=1S/C18H20N6OS/c1-12-20-9-14(26-12)10-24-5-6-25-17(11-24)16-4-2-3-15(23-16)13-7-21-18(19)22-8-13/h2-4,7-9,17H,5-6,10-11H2,1H3,(H2,19,21,22). The van der Waals surface area contributed by atoms with Gasteiger partial charge >= 0.3 is 0 Å². The number of pyridine rings is 1. The number of aromatic nitrogens is 4. The van der Waals surface area contributed by atoms with Gasteiger partial charge in [-0.3, -0.25) is 4.90 Å². The highest BCUT2D eigenvalue weighted by atomic mass is 32.1. The number of aryl methyl sites for hydroxylation is 1. The van der Waals surface area contributed by atoms with Gasteiger partial charge in [-0.15, -0.1) is 11.3 Å². The molecule has 3 aromatic heterocycles. The van der Waals surface area contributed by atoms with Gasteiger partial charge in [-0.2, -0.15) is 0 Å². The van der Waals surface area contributed by atoms with Gasteiger partial charge in [-0.25, -0.2) is 19.9 Å². The Morgan fingerprint density at radius 2 is 2.08 bits per heavy atom. The molecule has 1 aliphatic rings. The molecule has 0 bridgehead atoms. The molecule has 1 unspecified atom stereocenters. The number of hydrogen-bond donors (Lipinski definition) is 1. The molecule has 134 valence electrons. The van der Waals surface area contributed by atoms with Crippen molar-refractivity contribution >= 4 is 17.3 Å². The molecule has 0 radical (unpaired) electrons. The number of nitrogen functional groups attached to an aromatic ring is 1. The normalized spacial score (nSPS) is 18.1. The van der Waals surface area contributed by atoms with Gasteiger partial charge in [0.05, 0.1) is 23.0 Å². The maximum Gasteiger partial charge on any atom is 0.219 e. The number of nitrogens with two attached hydrogens (primary N) is 1. The van der Waals surface area contributed by atoms with Gasteiger partial charge < -0.3 is 10.5 Å². The van der Waals surface area contributed by atoms with Crippen molar-refractivity contribution in [3.63, 3.8) is 0 Å². The fourth-order valence-electron chi connectivity index (χ4n) is 2.99. The highest BCUT2D eigenvalue weighted by Crippen LogP contribution is 2.25. The summed E-state index contributed by atoms with van der Waals surface area (Å²) in [5.74, 6) is 0.259. The fourth-order valence-corrected chi connectivity index (χ4v) is 3.82. The molecule has 8 heteroatoms. The van der Waals surface area contributed by atoms with Crippen LogP contribution in [-0.2, 0) is 11.3 Å². The van der Waals surface area contributed by atoms with E-state index in [4.69, 9.17) is 15.5 Å². The van der Waals surface area contributed by atoms with Crippen LogP contribution in [0.5, 0.6) is 0 Å². The molecule has 2 N–H and O–H groups in total. The summed E-state index contributed by atoms with van der Waals surface area (Å²) in [6, 6.07) is 5.94. The molecule has 0 amide bonds. The molecule has 1 aliphatic heterocycles. The third-order valence-corrected chi connectivity index (χ3v) is 5.16. The molecule has 0 spiro atoms. The first-order valence-electron chi connectivity index (χ1n) is 8.47. The van der Waals surface area contributed by atoms with E-state index in [2.05, 4.69) is 19.9 Å². The van der Waals surface area contributed by atoms with Crippen LogP contribution in [0.2, 0.25) is 0 Å². The van der Waals surface area contributed by atoms with Crippen LogP contribution >= 0.6 is 11.3 Å². The lowest BCUT2D eigenvalue weighted by Gasteiger charge is -2.32. The molecule has 0 aromatic carbocycles. The second-order valence-corrected chi connectivity index (χ2v) is 7.54. The number of thiazole rings is 1. The van der Waals surface area contributed by atoms with Gasteiger partial charge in [-0.1, -0.05) is 6.07 Å². The average Bonchev–Trinajstić information content (AvgIpc) is 3.07. The highest BCUT2D eigenvalue weighted by Gasteiger charge is 2.24. The zero-order valence-corrected chi connectivity index (χ0v) is 15.3. The third kappa shape index (κ3) is 3.87. The minimum Gasteiger partial charge on any atom is -0.369 e. The van der Waals surface area contributed by atoms with E-state index in [1.165, 1.54) is 4.88 Å². The van der Waals surface area contributed by atoms with Crippen LogP contribution < -0.4 is 5.73 Å². The van der Waals surface area contributed by atoms with Gasteiger partial charge in [0.1, 0.15) is 6.10 Å². The van der Waals surface area contributed by atoms with Crippen LogP contribution in [0.4, 0.5) is 5.95 Å². The van der Waals surface area contributed by atoms with Crippen LogP contribution in [0.1, 0.15) is 21.7 Å². The van der Waals surface area contributed by atoms with E-state index in [1.54, 1.807) is 23.7 Å².